The maximum absolute atomic E-state index is 10.1. The minimum Gasteiger partial charge on any atom is -0.497 e. The number of aryl methyl sites for hydroxylation is 1. The second-order valence-corrected chi connectivity index (χ2v) is 8.14. The van der Waals surface area contributed by atoms with Gasteiger partial charge in [0.25, 0.3) is 0 Å². The highest BCUT2D eigenvalue weighted by atomic mass is 16.5. The second-order valence-electron chi connectivity index (χ2n) is 8.14. The number of hydrogen-bond acceptors (Lipinski definition) is 5. The molecule has 0 fully saturated rings. The van der Waals surface area contributed by atoms with Crippen LogP contribution in [0.4, 0.5) is 0 Å². The minimum absolute atomic E-state index is 0.322. The Hall–Kier alpha value is -2.83. The van der Waals surface area contributed by atoms with Crippen molar-refractivity contribution in [2.24, 2.45) is 0 Å². The van der Waals surface area contributed by atoms with Gasteiger partial charge in [-0.2, -0.15) is 5.10 Å². The lowest BCUT2D eigenvalue weighted by atomic mass is 10.1. The lowest BCUT2D eigenvalue weighted by Crippen LogP contribution is -2.37. The monoisotopic (exact) mass is 437 g/mol. The predicted molar refractivity (Wildman–Crippen MR) is 128 cm³/mol. The zero-order chi connectivity index (χ0) is 23.1. The molecule has 0 saturated carbocycles. The van der Waals surface area contributed by atoms with Crippen molar-refractivity contribution in [1.29, 1.82) is 0 Å². The molecule has 2 aromatic carbocycles. The Morgan fingerprint density at radius 1 is 1.00 bits per heavy atom. The van der Waals surface area contributed by atoms with Crippen LogP contribution < -0.4 is 9.47 Å². The minimum atomic E-state index is -0.413. The molecular weight excluding hydrogens is 402 g/mol. The number of methoxy groups -OCH3 is 1. The van der Waals surface area contributed by atoms with Crippen molar-refractivity contribution in [2.45, 2.75) is 59.2 Å². The van der Waals surface area contributed by atoms with Gasteiger partial charge in [0.2, 0.25) is 5.88 Å². The molecule has 6 heteroatoms. The number of benzene rings is 2. The van der Waals surface area contributed by atoms with Crippen molar-refractivity contribution in [2.75, 3.05) is 13.7 Å². The van der Waals surface area contributed by atoms with Gasteiger partial charge in [-0.05, 0) is 63.1 Å². The van der Waals surface area contributed by atoms with Gasteiger partial charge < -0.3 is 14.6 Å². The average Bonchev–Trinajstić information content (AvgIpc) is 3.15. The Morgan fingerprint density at radius 2 is 1.66 bits per heavy atom. The predicted octanol–water partition coefficient (Wildman–Crippen LogP) is 5.22. The summed E-state index contributed by atoms with van der Waals surface area (Å²) in [6.07, 6.45) is 1.37. The van der Waals surface area contributed by atoms with Crippen molar-refractivity contribution >= 4 is 0 Å². The van der Waals surface area contributed by atoms with E-state index in [0.717, 1.165) is 41.3 Å². The molecule has 1 N–H and O–H groups in total. The number of ether oxygens (including phenoxy) is 2. The zero-order valence-electron chi connectivity index (χ0n) is 19.8. The van der Waals surface area contributed by atoms with Crippen LogP contribution >= 0.6 is 0 Å². The van der Waals surface area contributed by atoms with E-state index in [1.54, 1.807) is 7.11 Å². The van der Waals surface area contributed by atoms with Crippen LogP contribution in [0.15, 0.2) is 54.6 Å². The van der Waals surface area contributed by atoms with Crippen LogP contribution in [0.3, 0.4) is 0 Å². The summed E-state index contributed by atoms with van der Waals surface area (Å²) < 4.78 is 13.6. The molecule has 172 valence electrons. The topological polar surface area (TPSA) is 59.8 Å². The molecule has 0 radical (unpaired) electrons. The van der Waals surface area contributed by atoms with Gasteiger partial charge in [0.05, 0.1) is 30.2 Å². The Labute approximate surface area is 191 Å². The summed E-state index contributed by atoms with van der Waals surface area (Å²) in [6.45, 7) is 9.55. The molecule has 0 aliphatic carbocycles. The fourth-order valence-corrected chi connectivity index (χ4v) is 3.73. The van der Waals surface area contributed by atoms with E-state index in [1.807, 2.05) is 66.2 Å². The van der Waals surface area contributed by atoms with Gasteiger partial charge in [-0.25, -0.2) is 4.68 Å². The van der Waals surface area contributed by atoms with E-state index in [9.17, 15) is 5.11 Å². The highest BCUT2D eigenvalue weighted by Gasteiger charge is 2.24. The maximum Gasteiger partial charge on any atom is 0.227 e. The second kappa shape index (κ2) is 11.2. The summed E-state index contributed by atoms with van der Waals surface area (Å²) in [4.78, 5) is 2.30. The summed E-state index contributed by atoms with van der Waals surface area (Å²) in [5, 5.41) is 15.0. The van der Waals surface area contributed by atoms with E-state index in [0.29, 0.717) is 25.0 Å². The van der Waals surface area contributed by atoms with E-state index in [2.05, 4.69) is 25.7 Å². The fraction of sp³-hybridized carbons (Fsp3) is 0.423. The van der Waals surface area contributed by atoms with E-state index >= 15 is 0 Å². The van der Waals surface area contributed by atoms with Crippen LogP contribution in [-0.4, -0.2) is 45.6 Å². The van der Waals surface area contributed by atoms with Gasteiger partial charge >= 0.3 is 0 Å². The highest BCUT2D eigenvalue weighted by molar-refractivity contribution is 5.44. The first-order valence-corrected chi connectivity index (χ1v) is 11.4. The molecule has 3 rings (SSSR count). The normalized spacial score (nSPS) is 13.2. The lowest BCUT2D eigenvalue weighted by Gasteiger charge is -2.29. The van der Waals surface area contributed by atoms with Crippen molar-refractivity contribution in [3.63, 3.8) is 0 Å². The van der Waals surface area contributed by atoms with Crippen LogP contribution in [0, 0.1) is 0 Å². The third-order valence-electron chi connectivity index (χ3n) is 5.70. The molecule has 0 amide bonds. The molecule has 0 bridgehead atoms. The van der Waals surface area contributed by atoms with Crippen molar-refractivity contribution in [3.05, 3.63) is 65.9 Å². The standard InChI is InChI=1S/C26H35N3O3/c1-6-19(3)28(17-20(4)30)18-24-25(7-2)27-29(21-11-9-8-10-12-21)26(24)32-23-15-13-22(31-5)14-16-23/h8-16,19-20,30H,6-7,17-18H2,1-5H3/t19-,20+/m0/s1. The van der Waals surface area contributed by atoms with Crippen molar-refractivity contribution in [3.8, 4) is 23.1 Å². The molecule has 0 unspecified atom stereocenters. The highest BCUT2D eigenvalue weighted by Crippen LogP contribution is 2.33. The number of aliphatic hydroxyl groups excluding tert-OH is 1. The number of hydrogen-bond donors (Lipinski definition) is 1. The van der Waals surface area contributed by atoms with Gasteiger partial charge in [-0.1, -0.05) is 32.0 Å². The molecule has 3 aromatic rings. The quantitative estimate of drug-likeness (QED) is 0.446. The summed E-state index contributed by atoms with van der Waals surface area (Å²) in [5.74, 6) is 2.21. The Kier molecular flexibility index (Phi) is 8.31. The first-order chi connectivity index (χ1) is 15.5. The summed E-state index contributed by atoms with van der Waals surface area (Å²) in [6, 6.07) is 17.9. The average molecular weight is 438 g/mol. The number of rotatable bonds is 11. The number of aromatic nitrogens is 2. The zero-order valence-corrected chi connectivity index (χ0v) is 19.8. The largest absolute Gasteiger partial charge is 0.497 e. The SMILES string of the molecule is CCc1nn(-c2ccccc2)c(Oc2ccc(OC)cc2)c1CN(C[C@@H](C)O)[C@@H](C)CC. The molecular formula is C26H35N3O3. The van der Waals surface area contributed by atoms with E-state index < -0.39 is 6.10 Å². The third kappa shape index (κ3) is 5.69. The molecule has 0 spiro atoms. The van der Waals surface area contributed by atoms with E-state index in [4.69, 9.17) is 14.6 Å². The Bertz CT molecular complexity index is 968. The van der Waals surface area contributed by atoms with Crippen LogP contribution in [0.1, 0.15) is 45.4 Å². The van der Waals surface area contributed by atoms with Crippen LogP contribution in [0.25, 0.3) is 5.69 Å². The lowest BCUT2D eigenvalue weighted by molar-refractivity contribution is 0.0953. The molecule has 0 aliphatic rings. The van der Waals surface area contributed by atoms with Gasteiger partial charge in [-0.15, -0.1) is 0 Å². The van der Waals surface area contributed by atoms with E-state index in [1.165, 1.54) is 0 Å². The molecule has 1 aromatic heterocycles. The molecule has 0 aliphatic heterocycles. The summed E-state index contributed by atoms with van der Waals surface area (Å²) >= 11 is 0. The van der Waals surface area contributed by atoms with Crippen LogP contribution in [-0.2, 0) is 13.0 Å². The van der Waals surface area contributed by atoms with E-state index in [-0.39, 0.29) is 0 Å². The molecule has 1 heterocycles. The van der Waals surface area contributed by atoms with Crippen molar-refractivity contribution in [1.82, 2.24) is 14.7 Å². The number of nitrogens with zero attached hydrogens (tertiary/aromatic N) is 3. The van der Waals surface area contributed by atoms with Crippen molar-refractivity contribution < 1.29 is 14.6 Å². The molecule has 0 saturated heterocycles. The fourth-order valence-electron chi connectivity index (χ4n) is 3.73. The summed E-state index contributed by atoms with van der Waals surface area (Å²) in [5.41, 5.74) is 2.99. The smallest absolute Gasteiger partial charge is 0.227 e. The van der Waals surface area contributed by atoms with Gasteiger partial charge in [0.1, 0.15) is 11.5 Å². The van der Waals surface area contributed by atoms with Crippen LogP contribution in [0.5, 0.6) is 17.4 Å². The first kappa shape index (κ1) is 23.8. The summed E-state index contributed by atoms with van der Waals surface area (Å²) in [7, 11) is 1.65. The Balaban J connectivity index is 2.08. The molecule has 6 nitrogen and oxygen atoms in total. The number of aliphatic hydroxyl groups is 1. The van der Waals surface area contributed by atoms with Gasteiger partial charge in [0.15, 0.2) is 0 Å². The third-order valence-corrected chi connectivity index (χ3v) is 5.70. The van der Waals surface area contributed by atoms with Gasteiger partial charge in [-0.3, -0.25) is 4.90 Å². The maximum atomic E-state index is 10.1. The molecule has 32 heavy (non-hydrogen) atoms. The number of para-hydroxylation sites is 1. The van der Waals surface area contributed by atoms with Crippen LogP contribution in [0.2, 0.25) is 0 Å². The Morgan fingerprint density at radius 3 is 2.22 bits per heavy atom. The van der Waals surface area contributed by atoms with Gasteiger partial charge in [0, 0.05) is 19.1 Å². The first-order valence-electron chi connectivity index (χ1n) is 11.4. The molecule has 2 atom stereocenters.